The summed E-state index contributed by atoms with van der Waals surface area (Å²) in [5, 5.41) is 10.1. The van der Waals surface area contributed by atoms with Gasteiger partial charge in [-0.05, 0) is 50.2 Å². The van der Waals surface area contributed by atoms with Crippen LogP contribution in [0.4, 0.5) is 5.13 Å². The summed E-state index contributed by atoms with van der Waals surface area (Å²) in [6, 6.07) is 13.4. The maximum atomic E-state index is 12.6. The molecule has 0 fully saturated rings. The van der Waals surface area contributed by atoms with Gasteiger partial charge >= 0.3 is 0 Å². The molecule has 3 aromatic rings. The first-order valence-electron chi connectivity index (χ1n) is 9.27. The molecule has 1 unspecified atom stereocenters. The summed E-state index contributed by atoms with van der Waals surface area (Å²) in [6.07, 6.45) is 0. The molecule has 9 nitrogen and oxygen atoms in total. The Labute approximate surface area is 184 Å². The molecule has 0 aliphatic heterocycles. The highest BCUT2D eigenvalue weighted by atomic mass is 32.2. The Morgan fingerprint density at radius 2 is 1.84 bits per heavy atom. The van der Waals surface area contributed by atoms with E-state index < -0.39 is 22.0 Å². The van der Waals surface area contributed by atoms with Crippen molar-refractivity contribution in [2.24, 2.45) is 0 Å². The zero-order valence-electron chi connectivity index (χ0n) is 17.2. The first-order valence-corrected chi connectivity index (χ1v) is 11.6. The second-order valence-electron chi connectivity index (χ2n) is 6.71. The predicted octanol–water partition coefficient (Wildman–Crippen LogP) is 2.85. The summed E-state index contributed by atoms with van der Waals surface area (Å²) in [7, 11) is -2.35. The van der Waals surface area contributed by atoms with E-state index in [2.05, 4.69) is 20.2 Å². The summed E-state index contributed by atoms with van der Waals surface area (Å²) in [6.45, 7) is 3.65. The lowest BCUT2D eigenvalue weighted by atomic mass is 10.1. The number of carbonyl (C=O) groups is 1. The molecule has 1 heterocycles. The van der Waals surface area contributed by atoms with Crippen LogP contribution in [0.5, 0.6) is 11.5 Å². The van der Waals surface area contributed by atoms with E-state index in [0.717, 1.165) is 16.9 Å². The Bertz CT molecular complexity index is 1150. The number of carbonyl (C=O) groups excluding carboxylic acids is 1. The number of benzene rings is 2. The molecule has 1 aromatic heterocycles. The van der Waals surface area contributed by atoms with Crippen LogP contribution in [0.15, 0.2) is 52.9 Å². The van der Waals surface area contributed by atoms with Gasteiger partial charge in [-0.2, -0.15) is 0 Å². The molecule has 2 N–H and O–H groups in total. The van der Waals surface area contributed by atoms with Crippen LogP contribution in [0.25, 0.3) is 0 Å². The van der Waals surface area contributed by atoms with Crippen LogP contribution in [0.2, 0.25) is 0 Å². The second kappa shape index (κ2) is 9.86. The third-order valence-electron chi connectivity index (χ3n) is 4.05. The molecule has 0 saturated carbocycles. The molecule has 1 atom stereocenters. The van der Waals surface area contributed by atoms with Crippen molar-refractivity contribution in [1.82, 2.24) is 14.9 Å². The van der Waals surface area contributed by atoms with E-state index in [1.807, 2.05) is 13.0 Å². The fourth-order valence-electron chi connectivity index (χ4n) is 2.57. The summed E-state index contributed by atoms with van der Waals surface area (Å²) in [5.74, 6) is 0.893. The number of amides is 1. The maximum absolute atomic E-state index is 12.6. The number of sulfonamides is 1. The zero-order chi connectivity index (χ0) is 22.4. The van der Waals surface area contributed by atoms with E-state index >= 15 is 0 Å². The number of nitrogens with one attached hydrogen (secondary N) is 2. The normalized spacial score (nSPS) is 12.2. The van der Waals surface area contributed by atoms with Gasteiger partial charge in [0.2, 0.25) is 9.47 Å². The molecule has 1 amide bonds. The average molecular weight is 463 g/mol. The van der Waals surface area contributed by atoms with Gasteiger partial charge in [0.25, 0.3) is 15.9 Å². The van der Waals surface area contributed by atoms with Crippen LogP contribution in [-0.4, -0.2) is 44.3 Å². The fourth-order valence-corrected chi connectivity index (χ4v) is 4.71. The molecule has 0 spiro atoms. The van der Waals surface area contributed by atoms with E-state index in [4.69, 9.17) is 9.47 Å². The Morgan fingerprint density at radius 1 is 1.13 bits per heavy atom. The first kappa shape index (κ1) is 22.7. The molecule has 0 radical (unpaired) electrons. The monoisotopic (exact) mass is 462 g/mol. The third-order valence-corrected chi connectivity index (χ3v) is 6.85. The maximum Gasteiger partial charge on any atom is 0.270 e. The topological polar surface area (TPSA) is 120 Å². The van der Waals surface area contributed by atoms with Gasteiger partial charge in [0.15, 0.2) is 0 Å². The Hall–Kier alpha value is -3.02. The van der Waals surface area contributed by atoms with Crippen molar-refractivity contribution in [3.8, 4) is 11.5 Å². The minimum atomic E-state index is -3.92. The first-order chi connectivity index (χ1) is 14.8. The van der Waals surface area contributed by atoms with Gasteiger partial charge < -0.3 is 9.47 Å². The van der Waals surface area contributed by atoms with Crippen LogP contribution >= 0.6 is 11.3 Å². The number of methoxy groups -OCH3 is 1. The number of hydrogen-bond donors (Lipinski definition) is 2. The molecule has 0 aliphatic carbocycles. The molecule has 164 valence electrons. The molecule has 31 heavy (non-hydrogen) atoms. The quantitative estimate of drug-likeness (QED) is 0.469. The van der Waals surface area contributed by atoms with Gasteiger partial charge in [0, 0.05) is 5.56 Å². The largest absolute Gasteiger partial charge is 0.497 e. The second-order valence-corrected chi connectivity index (χ2v) is 9.57. The smallest absolute Gasteiger partial charge is 0.270 e. The number of anilines is 1. The number of rotatable bonds is 9. The van der Waals surface area contributed by atoms with Gasteiger partial charge in [-0.1, -0.05) is 29.0 Å². The van der Waals surface area contributed by atoms with Crippen molar-refractivity contribution in [3.05, 3.63) is 59.7 Å². The molecule has 11 heteroatoms. The van der Waals surface area contributed by atoms with Gasteiger partial charge in [0.1, 0.15) is 18.1 Å². The summed E-state index contributed by atoms with van der Waals surface area (Å²) in [4.78, 5) is 12.3. The minimum absolute atomic E-state index is 0.0917. The molecule has 3 rings (SSSR count). The van der Waals surface area contributed by atoms with Crippen molar-refractivity contribution in [3.63, 3.8) is 0 Å². The highest BCUT2D eigenvalue weighted by molar-refractivity contribution is 7.91. The van der Waals surface area contributed by atoms with Crippen molar-refractivity contribution < 1.29 is 22.7 Å². The van der Waals surface area contributed by atoms with Crippen molar-refractivity contribution in [1.29, 1.82) is 0 Å². The number of hydrogen-bond acceptors (Lipinski definition) is 8. The molecule has 0 bridgehead atoms. The Balaban J connectivity index is 1.57. The van der Waals surface area contributed by atoms with Gasteiger partial charge in [0.05, 0.1) is 13.2 Å². The minimum Gasteiger partial charge on any atom is -0.497 e. The van der Waals surface area contributed by atoms with Crippen molar-refractivity contribution in [2.75, 3.05) is 19.0 Å². The van der Waals surface area contributed by atoms with Crippen molar-refractivity contribution in [2.45, 2.75) is 24.2 Å². The van der Waals surface area contributed by atoms with Crippen LogP contribution in [0, 0.1) is 6.92 Å². The molecule has 0 saturated heterocycles. The van der Waals surface area contributed by atoms with Gasteiger partial charge in [-0.25, -0.2) is 13.1 Å². The van der Waals surface area contributed by atoms with E-state index in [1.54, 1.807) is 56.5 Å². The fraction of sp³-hybridized carbons (Fsp3) is 0.250. The van der Waals surface area contributed by atoms with Crippen LogP contribution in [0.3, 0.4) is 0 Å². The summed E-state index contributed by atoms with van der Waals surface area (Å²) >= 11 is 0.768. The van der Waals surface area contributed by atoms with Gasteiger partial charge in [-0.3, -0.25) is 10.1 Å². The number of aryl methyl sites for hydroxylation is 1. The number of nitrogens with zero attached hydrogens (tertiary/aromatic N) is 2. The Kier molecular flexibility index (Phi) is 7.21. The number of ether oxygens (including phenoxy) is 2. The molecular weight excluding hydrogens is 440 g/mol. The van der Waals surface area contributed by atoms with Crippen LogP contribution in [0.1, 0.15) is 22.8 Å². The van der Waals surface area contributed by atoms with Gasteiger partial charge in [-0.15, -0.1) is 10.2 Å². The Morgan fingerprint density at radius 3 is 2.52 bits per heavy atom. The standard InChI is InChI=1S/C20H22N4O5S2/c1-13-5-4-6-15(11-13)18(25)21-19-22-23-20(30-19)31(26,27)24-14(2)12-29-17-9-7-16(28-3)8-10-17/h4-11,14,24H,12H2,1-3H3,(H,21,22,25). The zero-order valence-corrected chi connectivity index (χ0v) is 18.8. The summed E-state index contributed by atoms with van der Waals surface area (Å²) < 4.78 is 38.0. The molecular formula is C20H22N4O5S2. The SMILES string of the molecule is COc1ccc(OCC(C)NS(=O)(=O)c2nnc(NC(=O)c3cccc(C)c3)s2)cc1. The van der Waals surface area contributed by atoms with E-state index in [9.17, 15) is 13.2 Å². The lowest BCUT2D eigenvalue weighted by molar-refractivity contribution is 0.102. The lowest BCUT2D eigenvalue weighted by Gasteiger charge is -2.14. The summed E-state index contributed by atoms with van der Waals surface area (Å²) in [5.41, 5.74) is 1.38. The average Bonchev–Trinajstić information content (AvgIpc) is 3.22. The highest BCUT2D eigenvalue weighted by Crippen LogP contribution is 2.21. The van der Waals surface area contributed by atoms with E-state index in [-0.39, 0.29) is 16.1 Å². The van der Waals surface area contributed by atoms with E-state index in [1.165, 1.54) is 0 Å². The molecule has 2 aromatic carbocycles. The van der Waals surface area contributed by atoms with E-state index in [0.29, 0.717) is 17.1 Å². The van der Waals surface area contributed by atoms with Crippen molar-refractivity contribution >= 4 is 32.4 Å². The third kappa shape index (κ3) is 6.23. The number of aromatic nitrogens is 2. The lowest BCUT2D eigenvalue weighted by Crippen LogP contribution is -2.36. The van der Waals surface area contributed by atoms with Crippen LogP contribution < -0.4 is 19.5 Å². The highest BCUT2D eigenvalue weighted by Gasteiger charge is 2.23. The molecule has 0 aliphatic rings. The van der Waals surface area contributed by atoms with Crippen LogP contribution in [-0.2, 0) is 10.0 Å². The predicted molar refractivity (Wildman–Crippen MR) is 117 cm³/mol.